The molecule has 4 rings (SSSR count). The monoisotopic (exact) mass is 448 g/mol. The van der Waals surface area contributed by atoms with Crippen molar-refractivity contribution >= 4 is 33.0 Å². The van der Waals surface area contributed by atoms with Gasteiger partial charge in [-0.25, -0.2) is 8.42 Å². The minimum atomic E-state index is -3.76. The summed E-state index contributed by atoms with van der Waals surface area (Å²) >= 11 is 1.04. The van der Waals surface area contributed by atoms with Crippen LogP contribution in [0.1, 0.15) is 23.2 Å². The normalized spacial score (nSPS) is 14.6. The molecule has 3 aromatic rings. The van der Waals surface area contributed by atoms with E-state index in [-0.39, 0.29) is 21.8 Å². The van der Waals surface area contributed by atoms with Crippen LogP contribution in [-0.2, 0) is 21.2 Å². The lowest BCUT2D eigenvalue weighted by Crippen LogP contribution is -2.40. The molecule has 2 aromatic heterocycles. The Morgan fingerprint density at radius 2 is 2.07 bits per heavy atom. The third-order valence-electron chi connectivity index (χ3n) is 4.59. The van der Waals surface area contributed by atoms with E-state index < -0.39 is 10.0 Å². The topological polar surface area (TPSA) is 115 Å². The quantitative estimate of drug-likeness (QED) is 0.616. The van der Waals surface area contributed by atoms with Crippen molar-refractivity contribution in [3.63, 3.8) is 0 Å². The molecule has 0 atom stereocenters. The lowest BCUT2D eigenvalue weighted by atomic mass is 10.1. The number of rotatable bonds is 6. The first kappa shape index (κ1) is 20.5. The standard InChI is InChI=1S/C19H20N4O5S2/c1-2-13-4-3-5-15(10-13)22-30(25,26)16-11-14(12-29-16)17-20-18(28-21-17)19(24)23-6-8-27-9-7-23/h3-5,10-12,22H,2,6-9H2,1H3. The van der Waals surface area contributed by atoms with Crippen LogP contribution >= 0.6 is 11.3 Å². The Bertz CT molecular complexity index is 1150. The Morgan fingerprint density at radius 3 is 2.83 bits per heavy atom. The van der Waals surface area contributed by atoms with Gasteiger partial charge in [0.2, 0.25) is 5.82 Å². The van der Waals surface area contributed by atoms with Gasteiger partial charge in [-0.1, -0.05) is 24.2 Å². The molecule has 1 saturated heterocycles. The van der Waals surface area contributed by atoms with Crippen LogP contribution in [0, 0.1) is 0 Å². The first-order valence-electron chi connectivity index (χ1n) is 9.37. The van der Waals surface area contributed by atoms with Gasteiger partial charge in [-0.2, -0.15) is 4.98 Å². The maximum atomic E-state index is 12.7. The number of nitrogens with zero attached hydrogens (tertiary/aromatic N) is 3. The van der Waals surface area contributed by atoms with Crippen LogP contribution in [0.4, 0.5) is 5.69 Å². The van der Waals surface area contributed by atoms with E-state index in [0.717, 1.165) is 23.3 Å². The molecule has 0 spiro atoms. The zero-order valence-corrected chi connectivity index (χ0v) is 17.8. The maximum absolute atomic E-state index is 12.7. The molecule has 0 unspecified atom stereocenters. The maximum Gasteiger partial charge on any atom is 0.316 e. The summed E-state index contributed by atoms with van der Waals surface area (Å²) in [5.41, 5.74) is 2.00. The number of amides is 1. The molecule has 1 N–H and O–H groups in total. The molecule has 9 nitrogen and oxygen atoms in total. The summed E-state index contributed by atoms with van der Waals surface area (Å²) in [6.07, 6.45) is 0.808. The van der Waals surface area contributed by atoms with Gasteiger partial charge in [-0.3, -0.25) is 9.52 Å². The fraction of sp³-hybridized carbons (Fsp3) is 0.316. The van der Waals surface area contributed by atoms with E-state index in [1.165, 1.54) is 6.07 Å². The highest BCUT2D eigenvalue weighted by Gasteiger charge is 2.25. The van der Waals surface area contributed by atoms with Gasteiger partial charge in [0.15, 0.2) is 0 Å². The van der Waals surface area contributed by atoms with Crippen LogP contribution < -0.4 is 4.72 Å². The van der Waals surface area contributed by atoms with Crippen molar-refractivity contribution in [3.05, 3.63) is 47.2 Å². The molecule has 158 valence electrons. The van der Waals surface area contributed by atoms with E-state index in [9.17, 15) is 13.2 Å². The molecule has 1 aromatic carbocycles. The molecule has 30 heavy (non-hydrogen) atoms. The van der Waals surface area contributed by atoms with E-state index >= 15 is 0 Å². The lowest BCUT2D eigenvalue weighted by molar-refractivity contribution is 0.0272. The van der Waals surface area contributed by atoms with E-state index in [0.29, 0.717) is 37.6 Å². The fourth-order valence-corrected chi connectivity index (χ4v) is 5.17. The predicted molar refractivity (Wildman–Crippen MR) is 111 cm³/mol. The number of hydrogen-bond donors (Lipinski definition) is 1. The van der Waals surface area contributed by atoms with Crippen molar-refractivity contribution in [3.8, 4) is 11.4 Å². The summed E-state index contributed by atoms with van der Waals surface area (Å²) < 4.78 is 38.5. The Morgan fingerprint density at radius 1 is 1.27 bits per heavy atom. The van der Waals surface area contributed by atoms with Crippen LogP contribution in [0.2, 0.25) is 0 Å². The molecule has 1 fully saturated rings. The second kappa shape index (κ2) is 8.54. The van der Waals surface area contributed by atoms with Gasteiger partial charge in [0, 0.05) is 29.7 Å². The molecular weight excluding hydrogens is 428 g/mol. The second-order valence-corrected chi connectivity index (χ2v) is 9.46. The molecule has 11 heteroatoms. The van der Waals surface area contributed by atoms with Crippen molar-refractivity contribution in [2.24, 2.45) is 0 Å². The molecule has 0 aliphatic carbocycles. The number of morpholine rings is 1. The summed E-state index contributed by atoms with van der Waals surface area (Å²) in [6, 6.07) is 8.71. The zero-order valence-electron chi connectivity index (χ0n) is 16.2. The van der Waals surface area contributed by atoms with Crippen molar-refractivity contribution in [2.75, 3.05) is 31.0 Å². The third kappa shape index (κ3) is 4.37. The van der Waals surface area contributed by atoms with Gasteiger partial charge in [0.05, 0.1) is 13.2 Å². The summed E-state index contributed by atoms with van der Waals surface area (Å²) in [5.74, 6) is -0.327. The number of aryl methyl sites for hydroxylation is 1. The number of aromatic nitrogens is 2. The van der Waals surface area contributed by atoms with Gasteiger partial charge in [-0.15, -0.1) is 11.3 Å². The summed E-state index contributed by atoms with van der Waals surface area (Å²) in [7, 11) is -3.76. The average molecular weight is 449 g/mol. The van der Waals surface area contributed by atoms with Gasteiger partial charge in [0.1, 0.15) is 4.21 Å². The number of sulfonamides is 1. The first-order chi connectivity index (χ1) is 14.5. The Hall–Kier alpha value is -2.76. The van der Waals surface area contributed by atoms with E-state index in [4.69, 9.17) is 9.26 Å². The molecule has 1 amide bonds. The van der Waals surface area contributed by atoms with Crippen LogP contribution in [0.15, 0.2) is 44.4 Å². The second-order valence-electron chi connectivity index (χ2n) is 6.64. The number of ether oxygens (including phenoxy) is 1. The lowest BCUT2D eigenvalue weighted by Gasteiger charge is -2.25. The van der Waals surface area contributed by atoms with Crippen molar-refractivity contribution in [1.29, 1.82) is 0 Å². The largest absolute Gasteiger partial charge is 0.378 e. The molecular formula is C19H20N4O5S2. The van der Waals surface area contributed by atoms with Crippen LogP contribution in [0.5, 0.6) is 0 Å². The van der Waals surface area contributed by atoms with Crippen molar-refractivity contribution in [2.45, 2.75) is 17.6 Å². The zero-order chi connectivity index (χ0) is 21.1. The van der Waals surface area contributed by atoms with Gasteiger partial charge < -0.3 is 14.2 Å². The summed E-state index contributed by atoms with van der Waals surface area (Å²) in [6.45, 7) is 3.85. The minimum absolute atomic E-state index is 0.116. The number of carbonyl (C=O) groups excluding carboxylic acids is 1. The smallest absolute Gasteiger partial charge is 0.316 e. The SMILES string of the molecule is CCc1cccc(NS(=O)(=O)c2cc(-c3noc(C(=O)N4CCOCC4)n3)cs2)c1. The minimum Gasteiger partial charge on any atom is -0.378 e. The number of hydrogen-bond acceptors (Lipinski definition) is 8. The summed E-state index contributed by atoms with van der Waals surface area (Å²) in [4.78, 5) is 18.2. The fourth-order valence-electron chi connectivity index (χ4n) is 2.96. The highest BCUT2D eigenvalue weighted by atomic mass is 32.2. The molecule has 3 heterocycles. The average Bonchev–Trinajstić information content (AvgIpc) is 3.44. The number of benzene rings is 1. The van der Waals surface area contributed by atoms with Crippen molar-refractivity contribution in [1.82, 2.24) is 15.0 Å². The number of carbonyl (C=O) groups is 1. The predicted octanol–water partition coefficient (Wildman–Crippen LogP) is 2.63. The van der Waals surface area contributed by atoms with Crippen molar-refractivity contribution < 1.29 is 22.5 Å². The highest BCUT2D eigenvalue weighted by Crippen LogP contribution is 2.28. The molecule has 1 aliphatic heterocycles. The number of nitrogens with one attached hydrogen (secondary N) is 1. The first-order valence-corrected chi connectivity index (χ1v) is 11.7. The Kier molecular flexibility index (Phi) is 5.84. The highest BCUT2D eigenvalue weighted by molar-refractivity contribution is 7.94. The Balaban J connectivity index is 1.51. The molecule has 0 radical (unpaired) electrons. The van der Waals surface area contributed by atoms with Crippen LogP contribution in [0.25, 0.3) is 11.4 Å². The van der Waals surface area contributed by atoms with E-state index in [1.54, 1.807) is 22.4 Å². The molecule has 0 bridgehead atoms. The number of thiophene rings is 1. The van der Waals surface area contributed by atoms with E-state index in [2.05, 4.69) is 14.9 Å². The molecule has 1 aliphatic rings. The summed E-state index contributed by atoms with van der Waals surface area (Å²) in [5, 5.41) is 5.45. The van der Waals surface area contributed by atoms with Crippen LogP contribution in [-0.4, -0.2) is 55.7 Å². The third-order valence-corrected chi connectivity index (χ3v) is 7.41. The Labute approximate surface area is 177 Å². The molecule has 0 saturated carbocycles. The van der Waals surface area contributed by atoms with Gasteiger partial charge in [-0.05, 0) is 30.2 Å². The van der Waals surface area contributed by atoms with Gasteiger partial charge >= 0.3 is 11.8 Å². The van der Waals surface area contributed by atoms with Crippen LogP contribution in [0.3, 0.4) is 0 Å². The van der Waals surface area contributed by atoms with Gasteiger partial charge in [0.25, 0.3) is 10.0 Å². The van der Waals surface area contributed by atoms with E-state index in [1.807, 2.05) is 19.1 Å². The number of anilines is 1.